The fraction of sp³-hybridized carbons (Fsp3) is 0. The third kappa shape index (κ3) is 1.00. The van der Waals surface area contributed by atoms with Crippen LogP contribution in [0.15, 0.2) is 24.4 Å². The molecule has 0 aromatic carbocycles. The normalized spacial score (nSPS) is 10.2. The maximum Gasteiger partial charge on any atom is 0.161 e. The van der Waals surface area contributed by atoms with Crippen molar-refractivity contribution >= 4 is 16.9 Å². The highest BCUT2D eigenvalue weighted by Crippen LogP contribution is 2.08. The van der Waals surface area contributed by atoms with Gasteiger partial charge >= 0.3 is 0 Å². The summed E-state index contributed by atoms with van der Waals surface area (Å²) in [5.41, 5.74) is 6.13. The zero-order valence-electron chi connectivity index (χ0n) is 5.78. The second-order valence-corrected chi connectivity index (χ2v) is 2.22. The third-order valence-corrected chi connectivity index (χ3v) is 1.43. The molecule has 3 heteroatoms. The van der Waals surface area contributed by atoms with Crippen LogP contribution >= 0.6 is 0 Å². The fourth-order valence-electron chi connectivity index (χ4n) is 0.915. The first kappa shape index (κ1) is 6.09. The lowest BCUT2D eigenvalue weighted by molar-refractivity contribution is 1.29. The molecule has 2 rings (SSSR count). The van der Waals surface area contributed by atoms with E-state index < -0.39 is 0 Å². The standard InChI is InChI=1S/C8H6N3/c9-7-4-3-6-2-1-5-10-8(6)11-7/h2-5H,(H2,9,10,11). The Kier molecular flexibility index (Phi) is 1.22. The van der Waals surface area contributed by atoms with Crippen molar-refractivity contribution in [1.82, 2.24) is 9.97 Å². The molecule has 0 atom stereocenters. The van der Waals surface area contributed by atoms with Crippen LogP contribution in [0, 0.1) is 6.07 Å². The number of aromatic nitrogens is 2. The van der Waals surface area contributed by atoms with Gasteiger partial charge < -0.3 is 5.73 Å². The van der Waals surface area contributed by atoms with E-state index in [9.17, 15) is 0 Å². The van der Waals surface area contributed by atoms with Gasteiger partial charge in [-0.25, -0.2) is 9.97 Å². The summed E-state index contributed by atoms with van der Waals surface area (Å²) in [5, 5.41) is 0.960. The smallest absolute Gasteiger partial charge is 0.161 e. The van der Waals surface area contributed by atoms with Crippen LogP contribution in [0.25, 0.3) is 11.0 Å². The molecule has 0 aliphatic heterocycles. The SMILES string of the molecule is Nc1ccc2c[c]cnc2n1. The largest absolute Gasteiger partial charge is 0.384 e. The molecular weight excluding hydrogens is 138 g/mol. The Hall–Kier alpha value is -1.64. The number of nitrogens with two attached hydrogens (primary N) is 1. The van der Waals surface area contributed by atoms with E-state index in [1.807, 2.05) is 12.1 Å². The van der Waals surface area contributed by atoms with Crippen LogP contribution in [0.2, 0.25) is 0 Å². The van der Waals surface area contributed by atoms with Crippen LogP contribution in [0.5, 0.6) is 0 Å². The molecule has 2 aromatic rings. The van der Waals surface area contributed by atoms with Crippen molar-refractivity contribution in [1.29, 1.82) is 0 Å². The Morgan fingerprint density at radius 3 is 3.18 bits per heavy atom. The van der Waals surface area contributed by atoms with Gasteiger partial charge in [0.05, 0.1) is 0 Å². The van der Waals surface area contributed by atoms with Crippen molar-refractivity contribution < 1.29 is 0 Å². The number of fused-ring (bicyclic) bond motifs is 1. The molecule has 53 valence electrons. The van der Waals surface area contributed by atoms with E-state index in [1.165, 1.54) is 0 Å². The van der Waals surface area contributed by atoms with Gasteiger partial charge in [-0.1, -0.05) is 0 Å². The Morgan fingerprint density at radius 1 is 1.36 bits per heavy atom. The van der Waals surface area contributed by atoms with Gasteiger partial charge in [0.2, 0.25) is 0 Å². The van der Waals surface area contributed by atoms with E-state index >= 15 is 0 Å². The Morgan fingerprint density at radius 2 is 2.27 bits per heavy atom. The third-order valence-electron chi connectivity index (χ3n) is 1.43. The number of hydrogen-bond acceptors (Lipinski definition) is 3. The van der Waals surface area contributed by atoms with Gasteiger partial charge in [-0.2, -0.15) is 0 Å². The van der Waals surface area contributed by atoms with Gasteiger partial charge in [0.1, 0.15) is 5.82 Å². The van der Waals surface area contributed by atoms with Crippen LogP contribution in [0.1, 0.15) is 0 Å². The molecule has 0 saturated carbocycles. The predicted molar refractivity (Wildman–Crippen MR) is 42.8 cm³/mol. The van der Waals surface area contributed by atoms with E-state index in [2.05, 4.69) is 16.0 Å². The quantitative estimate of drug-likeness (QED) is 0.600. The molecule has 3 nitrogen and oxygen atoms in total. The summed E-state index contributed by atoms with van der Waals surface area (Å²) in [6.45, 7) is 0. The topological polar surface area (TPSA) is 51.8 Å². The summed E-state index contributed by atoms with van der Waals surface area (Å²) in [5.74, 6) is 0.496. The summed E-state index contributed by atoms with van der Waals surface area (Å²) in [7, 11) is 0. The van der Waals surface area contributed by atoms with E-state index in [-0.39, 0.29) is 0 Å². The molecule has 0 bridgehead atoms. The van der Waals surface area contributed by atoms with E-state index in [0.29, 0.717) is 11.5 Å². The molecule has 0 fully saturated rings. The molecule has 0 aliphatic carbocycles. The van der Waals surface area contributed by atoms with Crippen molar-refractivity contribution in [3.8, 4) is 0 Å². The first-order valence-corrected chi connectivity index (χ1v) is 3.24. The van der Waals surface area contributed by atoms with Gasteiger partial charge in [-0.05, 0) is 18.2 Å². The number of anilines is 1. The maximum absolute atomic E-state index is 5.46. The average molecular weight is 144 g/mol. The van der Waals surface area contributed by atoms with Crippen LogP contribution in [-0.4, -0.2) is 9.97 Å². The second kappa shape index (κ2) is 2.20. The molecule has 1 radical (unpaired) electrons. The Labute approximate surface area is 63.9 Å². The van der Waals surface area contributed by atoms with Crippen molar-refractivity contribution in [3.63, 3.8) is 0 Å². The van der Waals surface area contributed by atoms with Crippen molar-refractivity contribution in [2.45, 2.75) is 0 Å². The minimum atomic E-state index is 0.496. The number of pyridine rings is 2. The molecule has 2 aromatic heterocycles. The second-order valence-electron chi connectivity index (χ2n) is 2.22. The molecule has 11 heavy (non-hydrogen) atoms. The van der Waals surface area contributed by atoms with E-state index in [4.69, 9.17) is 5.73 Å². The fourth-order valence-corrected chi connectivity index (χ4v) is 0.915. The van der Waals surface area contributed by atoms with Gasteiger partial charge in [-0.3, -0.25) is 0 Å². The van der Waals surface area contributed by atoms with Gasteiger partial charge in [0, 0.05) is 17.6 Å². The summed E-state index contributed by atoms with van der Waals surface area (Å²) in [6, 6.07) is 8.32. The minimum absolute atomic E-state index is 0.496. The Bertz CT molecular complexity index is 384. The van der Waals surface area contributed by atoms with Crippen LogP contribution in [0.3, 0.4) is 0 Å². The van der Waals surface area contributed by atoms with E-state index in [1.54, 1.807) is 12.3 Å². The minimum Gasteiger partial charge on any atom is -0.384 e. The number of hydrogen-bond donors (Lipinski definition) is 1. The predicted octanol–water partition coefficient (Wildman–Crippen LogP) is 1.01. The summed E-state index contributed by atoms with van der Waals surface area (Å²) >= 11 is 0. The maximum atomic E-state index is 5.46. The summed E-state index contributed by atoms with van der Waals surface area (Å²) in [4.78, 5) is 8.02. The molecule has 0 amide bonds. The molecule has 2 heterocycles. The highest BCUT2D eigenvalue weighted by atomic mass is 14.9. The zero-order chi connectivity index (χ0) is 7.68. The first-order chi connectivity index (χ1) is 5.36. The summed E-state index contributed by atoms with van der Waals surface area (Å²) in [6.07, 6.45) is 1.58. The Balaban J connectivity index is 2.83. The van der Waals surface area contributed by atoms with Gasteiger partial charge in [0.25, 0.3) is 0 Å². The zero-order valence-corrected chi connectivity index (χ0v) is 5.78. The van der Waals surface area contributed by atoms with Crippen molar-refractivity contribution in [2.24, 2.45) is 0 Å². The lowest BCUT2D eigenvalue weighted by Gasteiger charge is -1.94. The molecule has 0 aliphatic rings. The number of rotatable bonds is 0. The van der Waals surface area contributed by atoms with Crippen molar-refractivity contribution in [3.05, 3.63) is 30.5 Å². The lowest BCUT2D eigenvalue weighted by Crippen LogP contribution is -1.90. The highest BCUT2D eigenvalue weighted by molar-refractivity contribution is 5.75. The molecule has 2 N–H and O–H groups in total. The molecule has 0 saturated heterocycles. The van der Waals surface area contributed by atoms with E-state index in [0.717, 1.165) is 5.39 Å². The van der Waals surface area contributed by atoms with Crippen molar-refractivity contribution in [2.75, 3.05) is 5.73 Å². The molecule has 0 spiro atoms. The number of nitrogen functional groups attached to an aromatic ring is 1. The van der Waals surface area contributed by atoms with Crippen LogP contribution in [-0.2, 0) is 0 Å². The first-order valence-electron chi connectivity index (χ1n) is 3.24. The summed E-state index contributed by atoms with van der Waals surface area (Å²) < 4.78 is 0. The monoisotopic (exact) mass is 144 g/mol. The number of nitrogens with zero attached hydrogens (tertiary/aromatic N) is 2. The van der Waals surface area contributed by atoms with Crippen LogP contribution in [0.4, 0.5) is 5.82 Å². The van der Waals surface area contributed by atoms with Gasteiger partial charge in [-0.15, -0.1) is 0 Å². The average Bonchev–Trinajstić information content (AvgIpc) is 2.04. The molecule has 0 unspecified atom stereocenters. The van der Waals surface area contributed by atoms with Crippen LogP contribution < -0.4 is 5.73 Å². The molecular formula is C8H6N3. The highest BCUT2D eigenvalue weighted by Gasteiger charge is 1.93. The van der Waals surface area contributed by atoms with Gasteiger partial charge in [0.15, 0.2) is 5.65 Å². The lowest BCUT2D eigenvalue weighted by atomic mass is 10.3.